The van der Waals surface area contributed by atoms with E-state index in [-0.39, 0.29) is 17.8 Å². The van der Waals surface area contributed by atoms with Gasteiger partial charge in [-0.05, 0) is 40.5 Å². The molecule has 0 heterocycles. The summed E-state index contributed by atoms with van der Waals surface area (Å²) in [6, 6.07) is 4.50. The van der Waals surface area contributed by atoms with Gasteiger partial charge in [0.05, 0.1) is 10.5 Å². The SMILES string of the molecule is CNC(=O)C(C)NCc1ccc(F)c(Br)c1. The van der Waals surface area contributed by atoms with Gasteiger partial charge in [0, 0.05) is 13.6 Å². The Morgan fingerprint density at radius 2 is 2.25 bits per heavy atom. The van der Waals surface area contributed by atoms with Crippen LogP contribution in [0.1, 0.15) is 12.5 Å². The van der Waals surface area contributed by atoms with Gasteiger partial charge in [-0.2, -0.15) is 0 Å². The highest BCUT2D eigenvalue weighted by atomic mass is 79.9. The molecule has 3 nitrogen and oxygen atoms in total. The molecule has 0 fully saturated rings. The Kier molecular flexibility index (Phi) is 4.89. The monoisotopic (exact) mass is 288 g/mol. The second kappa shape index (κ2) is 5.96. The van der Waals surface area contributed by atoms with E-state index in [4.69, 9.17) is 0 Å². The third kappa shape index (κ3) is 3.57. The van der Waals surface area contributed by atoms with E-state index < -0.39 is 0 Å². The number of halogens is 2. The summed E-state index contributed by atoms with van der Waals surface area (Å²) in [5.74, 6) is -0.357. The molecule has 0 aliphatic rings. The van der Waals surface area contributed by atoms with Crippen molar-refractivity contribution < 1.29 is 9.18 Å². The Hall–Kier alpha value is -0.940. The predicted molar refractivity (Wildman–Crippen MR) is 64.5 cm³/mol. The number of benzene rings is 1. The quantitative estimate of drug-likeness (QED) is 0.887. The zero-order chi connectivity index (χ0) is 12.1. The van der Waals surface area contributed by atoms with Gasteiger partial charge in [-0.25, -0.2) is 4.39 Å². The summed E-state index contributed by atoms with van der Waals surface area (Å²) in [6.07, 6.45) is 0. The van der Waals surface area contributed by atoms with E-state index in [1.54, 1.807) is 26.1 Å². The first-order valence-electron chi connectivity index (χ1n) is 4.93. The molecule has 0 aliphatic carbocycles. The van der Waals surface area contributed by atoms with E-state index in [0.717, 1.165) is 5.56 Å². The minimum absolute atomic E-state index is 0.0684. The Morgan fingerprint density at radius 3 is 2.81 bits per heavy atom. The summed E-state index contributed by atoms with van der Waals surface area (Å²) in [5, 5.41) is 5.59. The van der Waals surface area contributed by atoms with E-state index in [1.807, 2.05) is 0 Å². The average molecular weight is 289 g/mol. The van der Waals surface area contributed by atoms with Crippen molar-refractivity contribution in [3.8, 4) is 0 Å². The molecule has 88 valence electrons. The molecule has 1 aromatic carbocycles. The molecule has 0 spiro atoms. The average Bonchev–Trinajstić information content (AvgIpc) is 2.29. The van der Waals surface area contributed by atoms with Crippen LogP contribution in [0.3, 0.4) is 0 Å². The molecule has 1 unspecified atom stereocenters. The third-order valence-electron chi connectivity index (χ3n) is 2.24. The van der Waals surface area contributed by atoms with Crippen LogP contribution in [-0.4, -0.2) is 19.0 Å². The summed E-state index contributed by atoms with van der Waals surface area (Å²) in [7, 11) is 1.59. The van der Waals surface area contributed by atoms with Crippen LogP contribution in [0.4, 0.5) is 4.39 Å². The summed E-state index contributed by atoms with van der Waals surface area (Å²) < 4.78 is 13.4. The predicted octanol–water partition coefficient (Wildman–Crippen LogP) is 1.81. The number of carbonyl (C=O) groups is 1. The topological polar surface area (TPSA) is 41.1 Å². The molecule has 0 aliphatic heterocycles. The lowest BCUT2D eigenvalue weighted by Crippen LogP contribution is -2.40. The van der Waals surface area contributed by atoms with Crippen molar-refractivity contribution in [3.63, 3.8) is 0 Å². The van der Waals surface area contributed by atoms with Gasteiger partial charge in [-0.3, -0.25) is 4.79 Å². The van der Waals surface area contributed by atoms with Crippen molar-refractivity contribution in [3.05, 3.63) is 34.1 Å². The Labute approximate surface area is 103 Å². The van der Waals surface area contributed by atoms with Gasteiger partial charge in [0.2, 0.25) is 5.91 Å². The molecule has 2 N–H and O–H groups in total. The van der Waals surface area contributed by atoms with E-state index >= 15 is 0 Å². The first-order chi connectivity index (χ1) is 7.54. The lowest BCUT2D eigenvalue weighted by atomic mass is 10.2. The highest BCUT2D eigenvalue weighted by Crippen LogP contribution is 2.16. The number of carbonyl (C=O) groups excluding carboxylic acids is 1. The van der Waals surface area contributed by atoms with Crippen LogP contribution in [0.5, 0.6) is 0 Å². The molecule has 1 rings (SSSR count). The van der Waals surface area contributed by atoms with Crippen molar-refractivity contribution in [2.75, 3.05) is 7.05 Å². The third-order valence-corrected chi connectivity index (χ3v) is 2.84. The van der Waals surface area contributed by atoms with Crippen molar-refractivity contribution in [2.24, 2.45) is 0 Å². The van der Waals surface area contributed by atoms with Gasteiger partial charge >= 0.3 is 0 Å². The molecule has 0 radical (unpaired) electrons. The molecular weight excluding hydrogens is 275 g/mol. The van der Waals surface area contributed by atoms with Crippen LogP contribution in [-0.2, 0) is 11.3 Å². The lowest BCUT2D eigenvalue weighted by Gasteiger charge is -2.12. The Bertz CT molecular complexity index is 384. The molecule has 1 aromatic rings. The van der Waals surface area contributed by atoms with Crippen molar-refractivity contribution in [1.82, 2.24) is 10.6 Å². The van der Waals surface area contributed by atoms with Crippen LogP contribution >= 0.6 is 15.9 Å². The van der Waals surface area contributed by atoms with Gasteiger partial charge in [-0.15, -0.1) is 0 Å². The first-order valence-corrected chi connectivity index (χ1v) is 5.72. The minimum Gasteiger partial charge on any atom is -0.358 e. The molecule has 5 heteroatoms. The second-order valence-corrected chi connectivity index (χ2v) is 4.32. The highest BCUT2D eigenvalue weighted by Gasteiger charge is 2.09. The number of amides is 1. The molecule has 0 saturated heterocycles. The van der Waals surface area contributed by atoms with Crippen LogP contribution < -0.4 is 10.6 Å². The minimum atomic E-state index is -0.289. The smallest absolute Gasteiger partial charge is 0.236 e. The maximum absolute atomic E-state index is 12.9. The molecule has 0 aromatic heterocycles. The van der Waals surface area contributed by atoms with Crippen molar-refractivity contribution in [2.45, 2.75) is 19.5 Å². The molecule has 1 atom stereocenters. The first kappa shape index (κ1) is 13.1. The van der Waals surface area contributed by atoms with Gasteiger partial charge in [0.15, 0.2) is 0 Å². The lowest BCUT2D eigenvalue weighted by molar-refractivity contribution is -0.122. The molecule has 16 heavy (non-hydrogen) atoms. The Balaban J connectivity index is 2.55. The van der Waals surface area contributed by atoms with E-state index in [1.165, 1.54) is 6.07 Å². The summed E-state index contributed by atoms with van der Waals surface area (Å²) in [5.41, 5.74) is 0.920. The van der Waals surface area contributed by atoms with Gasteiger partial charge in [0.1, 0.15) is 5.82 Å². The van der Waals surface area contributed by atoms with Crippen molar-refractivity contribution in [1.29, 1.82) is 0 Å². The molecular formula is C11H14BrFN2O. The van der Waals surface area contributed by atoms with Crippen molar-refractivity contribution >= 4 is 21.8 Å². The second-order valence-electron chi connectivity index (χ2n) is 3.47. The normalized spacial score (nSPS) is 12.2. The zero-order valence-electron chi connectivity index (χ0n) is 9.18. The zero-order valence-corrected chi connectivity index (χ0v) is 10.8. The van der Waals surface area contributed by atoms with Gasteiger partial charge in [-0.1, -0.05) is 6.07 Å². The number of nitrogens with one attached hydrogen (secondary N) is 2. The fourth-order valence-electron chi connectivity index (χ4n) is 1.23. The van der Waals surface area contributed by atoms with Crippen LogP contribution in [0.15, 0.2) is 22.7 Å². The Morgan fingerprint density at radius 1 is 1.56 bits per heavy atom. The number of likely N-dealkylation sites (N-methyl/N-ethyl adjacent to an activating group) is 1. The van der Waals surface area contributed by atoms with E-state index in [9.17, 15) is 9.18 Å². The molecule has 0 saturated carbocycles. The summed E-state index contributed by atoms with van der Waals surface area (Å²) in [6.45, 7) is 2.30. The van der Waals surface area contributed by atoms with Gasteiger partial charge in [0.25, 0.3) is 0 Å². The molecule has 1 amide bonds. The van der Waals surface area contributed by atoms with Crippen LogP contribution in [0.2, 0.25) is 0 Å². The number of hydrogen-bond acceptors (Lipinski definition) is 2. The fourth-order valence-corrected chi connectivity index (χ4v) is 1.66. The van der Waals surface area contributed by atoms with Crippen LogP contribution in [0.25, 0.3) is 0 Å². The maximum Gasteiger partial charge on any atom is 0.236 e. The summed E-state index contributed by atoms with van der Waals surface area (Å²) in [4.78, 5) is 11.2. The largest absolute Gasteiger partial charge is 0.358 e. The van der Waals surface area contributed by atoms with E-state index in [2.05, 4.69) is 26.6 Å². The number of rotatable bonds is 4. The van der Waals surface area contributed by atoms with Gasteiger partial charge < -0.3 is 10.6 Å². The van der Waals surface area contributed by atoms with E-state index in [0.29, 0.717) is 11.0 Å². The highest BCUT2D eigenvalue weighted by molar-refractivity contribution is 9.10. The summed E-state index contributed by atoms with van der Waals surface area (Å²) >= 11 is 3.11. The molecule has 0 bridgehead atoms. The van der Waals surface area contributed by atoms with Crippen LogP contribution in [0, 0.1) is 5.82 Å². The standard InChI is InChI=1S/C11H14BrFN2O/c1-7(11(16)14-2)15-6-8-3-4-10(13)9(12)5-8/h3-5,7,15H,6H2,1-2H3,(H,14,16). The fraction of sp³-hybridized carbons (Fsp3) is 0.364. The number of hydrogen-bond donors (Lipinski definition) is 2. The maximum atomic E-state index is 12.9.